The van der Waals surface area contributed by atoms with E-state index in [9.17, 15) is 4.79 Å². The molecule has 0 spiro atoms. The van der Waals surface area contributed by atoms with E-state index < -0.39 is 0 Å². The summed E-state index contributed by atoms with van der Waals surface area (Å²) >= 11 is 6.52. The van der Waals surface area contributed by atoms with Crippen LogP contribution in [-0.2, 0) is 4.79 Å². The fraction of sp³-hybridized carbons (Fsp3) is 0.333. The third kappa shape index (κ3) is 3.39. The van der Waals surface area contributed by atoms with E-state index in [0.29, 0.717) is 33.9 Å². The van der Waals surface area contributed by atoms with Gasteiger partial charge in [0.15, 0.2) is 11.5 Å². The Hall–Kier alpha value is -1.53. The number of benzene rings is 1. The van der Waals surface area contributed by atoms with E-state index in [1.165, 1.54) is 11.8 Å². The van der Waals surface area contributed by atoms with Gasteiger partial charge in [0.25, 0.3) is 5.91 Å². The number of hydrogen-bond acceptors (Lipinski definition) is 5. The van der Waals surface area contributed by atoms with E-state index >= 15 is 0 Å². The van der Waals surface area contributed by atoms with Gasteiger partial charge in [0, 0.05) is 6.54 Å². The van der Waals surface area contributed by atoms with Gasteiger partial charge in [0.1, 0.15) is 4.32 Å². The summed E-state index contributed by atoms with van der Waals surface area (Å²) in [5.74, 6) is 1.30. The Kier molecular flexibility index (Phi) is 5.25. The van der Waals surface area contributed by atoms with Crippen LogP contribution < -0.4 is 9.47 Å². The van der Waals surface area contributed by atoms with Crippen molar-refractivity contribution >= 4 is 40.3 Å². The van der Waals surface area contributed by atoms with Gasteiger partial charge in [0.05, 0.1) is 18.6 Å². The third-order valence-electron chi connectivity index (χ3n) is 2.98. The maximum absolute atomic E-state index is 12.2. The zero-order valence-corrected chi connectivity index (χ0v) is 13.8. The van der Waals surface area contributed by atoms with Crippen LogP contribution in [0.4, 0.5) is 0 Å². The molecule has 112 valence electrons. The van der Waals surface area contributed by atoms with E-state index in [2.05, 4.69) is 0 Å². The first-order chi connectivity index (χ1) is 10.1. The summed E-state index contributed by atoms with van der Waals surface area (Å²) in [5.41, 5.74) is 0.881. The van der Waals surface area contributed by atoms with Crippen LogP contribution in [0, 0.1) is 0 Å². The molecule has 1 heterocycles. The number of ether oxygens (including phenoxy) is 2. The molecule has 1 saturated heterocycles. The van der Waals surface area contributed by atoms with Gasteiger partial charge in [-0.2, -0.15) is 0 Å². The molecule has 6 heteroatoms. The fourth-order valence-electron chi connectivity index (χ4n) is 1.97. The molecule has 2 rings (SSSR count). The average Bonchev–Trinajstić information content (AvgIpc) is 2.74. The highest BCUT2D eigenvalue weighted by atomic mass is 32.2. The molecular weight excluding hydrogens is 306 g/mol. The molecule has 1 aromatic rings. The number of thioether (sulfide) groups is 1. The van der Waals surface area contributed by atoms with Crippen molar-refractivity contribution in [3.63, 3.8) is 0 Å². The first-order valence-electron chi connectivity index (χ1n) is 6.66. The van der Waals surface area contributed by atoms with Crippen molar-refractivity contribution in [2.45, 2.75) is 13.8 Å². The maximum atomic E-state index is 12.2. The van der Waals surface area contributed by atoms with Gasteiger partial charge >= 0.3 is 0 Å². The number of thiocarbonyl (C=S) groups is 1. The second-order valence-electron chi connectivity index (χ2n) is 4.27. The molecule has 0 saturated carbocycles. The first-order valence-corrected chi connectivity index (χ1v) is 7.89. The Morgan fingerprint density at radius 1 is 1.33 bits per heavy atom. The highest BCUT2D eigenvalue weighted by molar-refractivity contribution is 8.26. The Morgan fingerprint density at radius 3 is 2.67 bits per heavy atom. The molecule has 0 N–H and O–H groups in total. The molecule has 1 aliphatic heterocycles. The molecule has 0 aliphatic carbocycles. The Balaban J connectivity index is 2.29. The largest absolute Gasteiger partial charge is 0.493 e. The second kappa shape index (κ2) is 6.95. The summed E-state index contributed by atoms with van der Waals surface area (Å²) in [5, 5.41) is 0. The number of nitrogens with zero attached hydrogens (tertiary/aromatic N) is 1. The summed E-state index contributed by atoms with van der Waals surface area (Å²) in [6.07, 6.45) is 1.83. The van der Waals surface area contributed by atoms with E-state index in [0.717, 1.165) is 5.56 Å². The highest BCUT2D eigenvalue weighted by Gasteiger charge is 2.30. The van der Waals surface area contributed by atoms with Crippen molar-refractivity contribution in [3.05, 3.63) is 28.7 Å². The lowest BCUT2D eigenvalue weighted by molar-refractivity contribution is -0.121. The van der Waals surface area contributed by atoms with Crippen molar-refractivity contribution in [3.8, 4) is 11.5 Å². The summed E-state index contributed by atoms with van der Waals surface area (Å²) in [6, 6.07) is 5.59. The molecule has 1 fully saturated rings. The minimum absolute atomic E-state index is 0.0413. The smallest absolute Gasteiger partial charge is 0.266 e. The van der Waals surface area contributed by atoms with Crippen LogP contribution in [0.5, 0.6) is 11.5 Å². The number of carbonyl (C=O) groups excluding carboxylic acids is 1. The molecule has 0 radical (unpaired) electrons. The van der Waals surface area contributed by atoms with E-state index in [-0.39, 0.29) is 5.91 Å². The predicted octanol–water partition coefficient (Wildman–Crippen LogP) is 3.32. The lowest BCUT2D eigenvalue weighted by Gasteiger charge is -2.10. The second-order valence-corrected chi connectivity index (χ2v) is 5.95. The molecule has 1 aliphatic rings. The van der Waals surface area contributed by atoms with Crippen LogP contribution in [0.2, 0.25) is 0 Å². The molecule has 1 amide bonds. The van der Waals surface area contributed by atoms with Gasteiger partial charge in [-0.15, -0.1) is 0 Å². The zero-order chi connectivity index (χ0) is 15.4. The zero-order valence-electron chi connectivity index (χ0n) is 12.2. The monoisotopic (exact) mass is 323 g/mol. The lowest BCUT2D eigenvalue weighted by atomic mass is 10.2. The highest BCUT2D eigenvalue weighted by Crippen LogP contribution is 2.34. The van der Waals surface area contributed by atoms with Crippen molar-refractivity contribution in [2.24, 2.45) is 0 Å². The minimum atomic E-state index is -0.0413. The van der Waals surface area contributed by atoms with Crippen molar-refractivity contribution in [1.82, 2.24) is 4.90 Å². The van der Waals surface area contributed by atoms with Gasteiger partial charge in [-0.05, 0) is 37.6 Å². The summed E-state index contributed by atoms with van der Waals surface area (Å²) in [6.45, 7) is 5.00. The van der Waals surface area contributed by atoms with Gasteiger partial charge in [-0.3, -0.25) is 9.69 Å². The van der Waals surface area contributed by atoms with E-state index in [1.54, 1.807) is 12.0 Å². The Bertz CT molecular complexity index is 599. The minimum Gasteiger partial charge on any atom is -0.493 e. The molecule has 0 atom stereocenters. The van der Waals surface area contributed by atoms with E-state index in [4.69, 9.17) is 21.7 Å². The van der Waals surface area contributed by atoms with Crippen molar-refractivity contribution in [2.75, 3.05) is 20.3 Å². The van der Waals surface area contributed by atoms with Gasteiger partial charge in [0.2, 0.25) is 0 Å². The maximum Gasteiger partial charge on any atom is 0.266 e. The first kappa shape index (κ1) is 15.9. The van der Waals surface area contributed by atoms with E-state index in [1.807, 2.05) is 38.1 Å². The van der Waals surface area contributed by atoms with Crippen LogP contribution >= 0.6 is 24.0 Å². The number of rotatable bonds is 5. The third-order valence-corrected chi connectivity index (χ3v) is 4.35. The van der Waals surface area contributed by atoms with Gasteiger partial charge in [-0.1, -0.05) is 30.0 Å². The molecule has 4 nitrogen and oxygen atoms in total. The number of carbonyl (C=O) groups is 1. The van der Waals surface area contributed by atoms with Crippen LogP contribution in [0.3, 0.4) is 0 Å². The normalized spacial score (nSPS) is 16.7. The standard InChI is InChI=1S/C15H17NO3S2/c1-4-16-14(17)13(21-15(16)20)9-10-6-7-11(19-5-2)12(8-10)18-3/h6-9H,4-5H2,1-3H3. The predicted molar refractivity (Wildman–Crippen MR) is 89.7 cm³/mol. The molecule has 0 bridgehead atoms. The molecule has 0 aromatic heterocycles. The fourth-order valence-corrected chi connectivity index (χ4v) is 3.36. The van der Waals surface area contributed by atoms with Crippen LogP contribution in [0.25, 0.3) is 6.08 Å². The molecule has 1 aromatic carbocycles. The molecule has 21 heavy (non-hydrogen) atoms. The number of likely N-dealkylation sites (N-methyl/N-ethyl adjacent to an activating group) is 1. The molecule has 0 unspecified atom stereocenters. The average molecular weight is 323 g/mol. The van der Waals surface area contributed by atoms with Crippen LogP contribution in [0.1, 0.15) is 19.4 Å². The summed E-state index contributed by atoms with van der Waals surface area (Å²) < 4.78 is 11.4. The SMILES string of the molecule is CCOc1ccc(C=C2SC(=S)N(CC)C2=O)cc1OC. The quantitative estimate of drug-likeness (QED) is 0.614. The number of amides is 1. The Morgan fingerprint density at radius 2 is 2.10 bits per heavy atom. The lowest BCUT2D eigenvalue weighted by Crippen LogP contribution is -2.27. The number of hydrogen-bond donors (Lipinski definition) is 0. The summed E-state index contributed by atoms with van der Waals surface area (Å²) in [4.78, 5) is 14.4. The number of methoxy groups -OCH3 is 1. The van der Waals surface area contributed by atoms with Gasteiger partial charge in [-0.25, -0.2) is 0 Å². The van der Waals surface area contributed by atoms with Crippen molar-refractivity contribution in [1.29, 1.82) is 0 Å². The topological polar surface area (TPSA) is 38.8 Å². The van der Waals surface area contributed by atoms with Crippen LogP contribution in [0.15, 0.2) is 23.1 Å². The summed E-state index contributed by atoms with van der Waals surface area (Å²) in [7, 11) is 1.60. The Labute approximate surface area is 134 Å². The van der Waals surface area contributed by atoms with Crippen molar-refractivity contribution < 1.29 is 14.3 Å². The van der Waals surface area contributed by atoms with Crippen LogP contribution in [-0.4, -0.2) is 35.4 Å². The molecular formula is C15H17NO3S2. The van der Waals surface area contributed by atoms with Gasteiger partial charge < -0.3 is 9.47 Å².